The van der Waals surface area contributed by atoms with Crippen molar-refractivity contribution >= 4 is 0 Å². The Morgan fingerprint density at radius 3 is 1.64 bits per heavy atom. The molecule has 0 spiro atoms. The van der Waals surface area contributed by atoms with E-state index < -0.39 is 36.0 Å². The number of alkyl halides is 9. The second kappa shape index (κ2) is 7.64. The molecule has 0 amide bonds. The Hall–Kier alpha value is -1.65. The van der Waals surface area contributed by atoms with Crippen molar-refractivity contribution in [3.8, 4) is 5.75 Å². The van der Waals surface area contributed by atoms with Gasteiger partial charge in [0.15, 0.2) is 0 Å². The zero-order valence-corrected chi connectivity index (χ0v) is 15.3. The van der Waals surface area contributed by atoms with Gasteiger partial charge in [0.25, 0.3) is 0 Å². The number of ether oxygens (including phenoxy) is 2. The lowest BCUT2D eigenvalue weighted by molar-refractivity contribution is -0.400. The van der Waals surface area contributed by atoms with E-state index in [-0.39, 0.29) is 11.7 Å². The first-order valence-corrected chi connectivity index (χ1v) is 7.94. The minimum atomic E-state index is -6.94. The van der Waals surface area contributed by atoms with Crippen molar-refractivity contribution in [3.05, 3.63) is 29.8 Å². The number of hydrogen-bond acceptors (Lipinski definition) is 2. The fraction of sp³-hybridized carbons (Fsp3) is 0.647. The van der Waals surface area contributed by atoms with E-state index in [9.17, 15) is 39.5 Å². The summed E-state index contributed by atoms with van der Waals surface area (Å²) in [6, 6.07) is 4.93. The van der Waals surface area contributed by atoms with Crippen LogP contribution in [0.2, 0.25) is 0 Å². The molecule has 1 aromatic carbocycles. The van der Waals surface area contributed by atoms with Crippen LogP contribution in [-0.2, 0) is 10.3 Å². The summed E-state index contributed by atoms with van der Waals surface area (Å²) in [5.74, 6) is -19.1. The van der Waals surface area contributed by atoms with Crippen LogP contribution in [0.1, 0.15) is 32.8 Å². The molecule has 0 aliphatic heterocycles. The summed E-state index contributed by atoms with van der Waals surface area (Å²) < 4.78 is 128. The summed E-state index contributed by atoms with van der Waals surface area (Å²) in [7, 11) is 0.842. The van der Waals surface area contributed by atoms with E-state index >= 15 is 0 Å². The maximum Gasteiger partial charge on any atom is 0.460 e. The lowest BCUT2D eigenvalue weighted by atomic mass is 9.85. The average Bonchev–Trinajstić information content (AvgIpc) is 2.53. The van der Waals surface area contributed by atoms with Crippen molar-refractivity contribution < 1.29 is 49.0 Å². The van der Waals surface area contributed by atoms with E-state index in [0.717, 1.165) is 26.2 Å². The molecular weight excluding hydrogens is 407 g/mol. The highest BCUT2D eigenvalue weighted by Gasteiger charge is 2.82. The third-order valence-corrected chi connectivity index (χ3v) is 4.06. The molecule has 11 heteroatoms. The van der Waals surface area contributed by atoms with E-state index in [4.69, 9.17) is 9.47 Å². The van der Waals surface area contributed by atoms with Crippen LogP contribution >= 0.6 is 0 Å². The maximum absolute atomic E-state index is 14.0. The van der Waals surface area contributed by atoms with Gasteiger partial charge in [0.05, 0.1) is 18.1 Å². The average molecular weight is 426 g/mol. The molecule has 0 aliphatic carbocycles. The number of methoxy groups -OCH3 is 1. The van der Waals surface area contributed by atoms with Gasteiger partial charge in [-0.2, -0.15) is 39.5 Å². The van der Waals surface area contributed by atoms with Crippen molar-refractivity contribution in [2.45, 2.75) is 62.8 Å². The molecule has 0 saturated carbocycles. The van der Waals surface area contributed by atoms with Crippen molar-refractivity contribution in [1.82, 2.24) is 0 Å². The highest BCUT2D eigenvalue weighted by atomic mass is 19.4. The highest BCUT2D eigenvalue weighted by molar-refractivity contribution is 5.31. The molecule has 28 heavy (non-hydrogen) atoms. The molecule has 0 heterocycles. The van der Waals surface area contributed by atoms with Crippen molar-refractivity contribution in [3.63, 3.8) is 0 Å². The quantitative estimate of drug-likeness (QED) is 0.462. The van der Waals surface area contributed by atoms with Crippen LogP contribution in [0.15, 0.2) is 24.3 Å². The Morgan fingerprint density at radius 2 is 1.29 bits per heavy atom. The molecule has 1 atom stereocenters. The monoisotopic (exact) mass is 426 g/mol. The predicted molar refractivity (Wildman–Crippen MR) is 82.1 cm³/mol. The fourth-order valence-electron chi connectivity index (χ4n) is 2.39. The van der Waals surface area contributed by atoms with Crippen LogP contribution < -0.4 is 4.74 Å². The van der Waals surface area contributed by atoms with Crippen LogP contribution in [0.3, 0.4) is 0 Å². The van der Waals surface area contributed by atoms with Gasteiger partial charge < -0.3 is 9.47 Å². The number of rotatable bonds is 8. The molecule has 1 unspecified atom stereocenters. The molecule has 0 saturated heterocycles. The topological polar surface area (TPSA) is 18.5 Å². The third kappa shape index (κ3) is 4.49. The van der Waals surface area contributed by atoms with Gasteiger partial charge in [-0.25, -0.2) is 0 Å². The lowest BCUT2D eigenvalue weighted by Crippen LogP contribution is -2.62. The molecule has 0 aliphatic rings. The lowest BCUT2D eigenvalue weighted by Gasteiger charge is -2.38. The minimum Gasteiger partial charge on any atom is -0.491 e. The van der Waals surface area contributed by atoms with Gasteiger partial charge in [-0.1, -0.05) is 12.1 Å². The number of benzene rings is 1. The van der Waals surface area contributed by atoms with Crippen LogP contribution in [0.25, 0.3) is 0 Å². The number of hydrogen-bond donors (Lipinski definition) is 0. The molecule has 0 radical (unpaired) electrons. The van der Waals surface area contributed by atoms with E-state index in [0.29, 0.717) is 5.75 Å². The van der Waals surface area contributed by atoms with Crippen molar-refractivity contribution in [1.29, 1.82) is 0 Å². The van der Waals surface area contributed by atoms with Gasteiger partial charge in [-0.3, -0.25) is 0 Å². The predicted octanol–water partition coefficient (Wildman–Crippen LogP) is 6.19. The molecule has 0 N–H and O–H groups in total. The first-order valence-electron chi connectivity index (χ1n) is 7.94. The molecule has 162 valence electrons. The van der Waals surface area contributed by atoms with Gasteiger partial charge >= 0.3 is 23.9 Å². The molecule has 1 aromatic rings. The van der Waals surface area contributed by atoms with E-state index in [1.54, 1.807) is 13.8 Å². The smallest absolute Gasteiger partial charge is 0.460 e. The van der Waals surface area contributed by atoms with Crippen LogP contribution in [0.4, 0.5) is 39.5 Å². The Kier molecular flexibility index (Phi) is 6.66. The van der Waals surface area contributed by atoms with Gasteiger partial charge in [0.1, 0.15) is 5.75 Å². The normalized spacial score (nSPS) is 16.2. The Labute approximate surface area is 155 Å². The van der Waals surface area contributed by atoms with Crippen molar-refractivity contribution in [2.75, 3.05) is 7.11 Å². The molecule has 2 nitrogen and oxygen atoms in total. The second-order valence-electron chi connectivity index (χ2n) is 6.65. The first kappa shape index (κ1) is 24.4. The maximum atomic E-state index is 14.0. The van der Waals surface area contributed by atoms with Gasteiger partial charge in [0, 0.05) is 7.11 Å². The van der Waals surface area contributed by atoms with Gasteiger partial charge in [-0.15, -0.1) is 0 Å². The van der Waals surface area contributed by atoms with Crippen LogP contribution in [0, 0.1) is 0 Å². The number of halogens is 9. The highest BCUT2D eigenvalue weighted by Crippen LogP contribution is 2.56. The Balaban J connectivity index is 3.25. The summed E-state index contributed by atoms with van der Waals surface area (Å²) in [6.45, 7) is 4.29. The van der Waals surface area contributed by atoms with E-state index in [1.807, 2.05) is 0 Å². The van der Waals surface area contributed by atoms with Gasteiger partial charge in [-0.05, 0) is 38.5 Å². The van der Waals surface area contributed by atoms with Crippen molar-refractivity contribution in [2.24, 2.45) is 0 Å². The molecule has 0 bridgehead atoms. The zero-order chi connectivity index (χ0) is 22.2. The summed E-state index contributed by atoms with van der Waals surface area (Å²) in [6.07, 6.45) is -9.22. The largest absolute Gasteiger partial charge is 0.491 e. The van der Waals surface area contributed by atoms with Gasteiger partial charge in [0.2, 0.25) is 0 Å². The fourth-order valence-corrected chi connectivity index (χ4v) is 2.39. The second-order valence-corrected chi connectivity index (χ2v) is 6.65. The van der Waals surface area contributed by atoms with E-state index in [2.05, 4.69) is 0 Å². The molecule has 0 fully saturated rings. The standard InChI is InChI=1S/C17H19F9O2/c1-10(2)28-12-7-5-11(6-8-12)13(3,27-4)9-14(18,19)15(20,21)16(22,23)17(24,25)26/h5-8,10H,9H2,1-4H3. The zero-order valence-electron chi connectivity index (χ0n) is 15.3. The molecule has 0 aromatic heterocycles. The van der Waals surface area contributed by atoms with E-state index in [1.165, 1.54) is 12.1 Å². The first-order chi connectivity index (χ1) is 12.4. The minimum absolute atomic E-state index is 0.142. The Morgan fingerprint density at radius 1 is 0.821 bits per heavy atom. The summed E-state index contributed by atoms with van der Waals surface area (Å²) in [5, 5.41) is 0. The molecular formula is C17H19F9O2. The Bertz CT molecular complexity index is 654. The third-order valence-electron chi connectivity index (χ3n) is 4.06. The van der Waals surface area contributed by atoms with Crippen LogP contribution in [-0.4, -0.2) is 37.2 Å². The SMILES string of the molecule is COC(C)(CC(F)(F)C(F)(F)C(F)(F)C(F)(F)F)c1ccc(OC(C)C)cc1. The molecule has 1 rings (SSSR count). The van der Waals surface area contributed by atoms with Crippen LogP contribution in [0.5, 0.6) is 5.75 Å². The summed E-state index contributed by atoms with van der Waals surface area (Å²) >= 11 is 0. The summed E-state index contributed by atoms with van der Waals surface area (Å²) in [4.78, 5) is 0. The summed E-state index contributed by atoms with van der Waals surface area (Å²) in [5.41, 5.74) is -2.43.